The number of carbonyl (C=O) groups is 1. The lowest BCUT2D eigenvalue weighted by Gasteiger charge is -2.18. The van der Waals surface area contributed by atoms with Crippen LogP contribution in [0.15, 0.2) is 47.6 Å². The van der Waals surface area contributed by atoms with Crippen LogP contribution in [-0.4, -0.2) is 17.3 Å². The smallest absolute Gasteiger partial charge is 0.330 e. The quantitative estimate of drug-likeness (QED) is 0.359. The van der Waals surface area contributed by atoms with Crippen molar-refractivity contribution in [1.82, 2.24) is 0 Å². The van der Waals surface area contributed by atoms with Gasteiger partial charge in [0.2, 0.25) is 0 Å². The fraction of sp³-hybridized carbons (Fsp3) is 0.333. The van der Waals surface area contributed by atoms with Crippen molar-refractivity contribution < 1.29 is 9.90 Å². The number of rotatable bonds is 9. The molecule has 5 heteroatoms. The lowest BCUT2D eigenvalue weighted by molar-refractivity contribution is -0.138. The molecule has 1 atom stereocenters. The van der Waals surface area contributed by atoms with Gasteiger partial charge in [0.1, 0.15) is 0 Å². The summed E-state index contributed by atoms with van der Waals surface area (Å²) < 4.78 is 0. The summed E-state index contributed by atoms with van der Waals surface area (Å²) >= 11 is 0. The van der Waals surface area contributed by atoms with E-state index in [9.17, 15) is 9.90 Å². The number of hydrazone groups is 1. The molecule has 5 nitrogen and oxygen atoms in total. The van der Waals surface area contributed by atoms with Crippen LogP contribution in [0.3, 0.4) is 0 Å². The first-order valence-electron chi connectivity index (χ1n) is 9.02. The zero-order valence-corrected chi connectivity index (χ0v) is 15.4. The minimum absolute atomic E-state index is 0.740. The average Bonchev–Trinajstić information content (AvgIpc) is 2.61. The molecule has 0 saturated heterocycles. The number of carboxylic acids is 1. The standard InChI is InChI=1S/C21H27N3O2/c1-3-5-16-11-17(6-4-2)13-18(12-16)20(21(25)26)24-19-9-7-15(8-10-19)14-23-22/h7-14,20,24H,3-6,22H2,1-2H3,(H,25,26). The molecule has 138 valence electrons. The van der Waals surface area contributed by atoms with E-state index in [-0.39, 0.29) is 0 Å². The van der Waals surface area contributed by atoms with Crippen LogP contribution in [0.5, 0.6) is 0 Å². The van der Waals surface area contributed by atoms with Gasteiger partial charge in [-0.25, -0.2) is 4.79 Å². The largest absolute Gasteiger partial charge is 0.479 e. The van der Waals surface area contributed by atoms with E-state index in [0.717, 1.165) is 42.5 Å². The lowest BCUT2D eigenvalue weighted by atomic mass is 9.96. The Kier molecular flexibility index (Phi) is 7.21. The van der Waals surface area contributed by atoms with Gasteiger partial charge in [-0.05, 0) is 47.2 Å². The van der Waals surface area contributed by atoms with Crippen LogP contribution >= 0.6 is 0 Å². The second-order valence-electron chi connectivity index (χ2n) is 6.40. The zero-order valence-electron chi connectivity index (χ0n) is 15.4. The van der Waals surface area contributed by atoms with Crippen LogP contribution in [0, 0.1) is 0 Å². The number of nitrogens with one attached hydrogen (secondary N) is 1. The van der Waals surface area contributed by atoms with E-state index in [2.05, 4.69) is 30.3 Å². The van der Waals surface area contributed by atoms with E-state index in [1.165, 1.54) is 11.1 Å². The molecular formula is C21H27N3O2. The number of nitrogens with two attached hydrogens (primary N) is 1. The summed E-state index contributed by atoms with van der Waals surface area (Å²) in [5.41, 5.74) is 4.77. The Balaban J connectivity index is 2.32. The normalized spacial score (nSPS) is 12.2. The van der Waals surface area contributed by atoms with Crippen molar-refractivity contribution >= 4 is 17.9 Å². The van der Waals surface area contributed by atoms with Gasteiger partial charge in [0.15, 0.2) is 6.04 Å². The first kappa shape index (κ1) is 19.5. The minimum Gasteiger partial charge on any atom is -0.479 e. The fourth-order valence-corrected chi connectivity index (χ4v) is 3.03. The van der Waals surface area contributed by atoms with Crippen molar-refractivity contribution in [1.29, 1.82) is 0 Å². The highest BCUT2D eigenvalue weighted by Gasteiger charge is 2.20. The molecule has 0 aliphatic carbocycles. The van der Waals surface area contributed by atoms with Crippen LogP contribution in [0.2, 0.25) is 0 Å². The number of hydrogen-bond acceptors (Lipinski definition) is 4. The summed E-state index contributed by atoms with van der Waals surface area (Å²) in [6.45, 7) is 4.26. The molecule has 0 saturated carbocycles. The molecule has 0 spiro atoms. The Morgan fingerprint density at radius 1 is 1.12 bits per heavy atom. The number of benzene rings is 2. The fourth-order valence-electron chi connectivity index (χ4n) is 3.03. The Bertz CT molecular complexity index is 730. The molecule has 0 aromatic heterocycles. The summed E-state index contributed by atoms with van der Waals surface area (Å²) in [5.74, 6) is 4.25. The predicted octanol–water partition coefficient (Wildman–Crippen LogP) is 4.12. The number of anilines is 1. The molecule has 0 amide bonds. The van der Waals surface area contributed by atoms with Crippen molar-refractivity contribution in [3.8, 4) is 0 Å². The third-order valence-electron chi connectivity index (χ3n) is 4.18. The number of aliphatic carboxylic acids is 1. The highest BCUT2D eigenvalue weighted by atomic mass is 16.4. The van der Waals surface area contributed by atoms with Gasteiger partial charge in [-0.3, -0.25) is 0 Å². The van der Waals surface area contributed by atoms with Gasteiger partial charge in [0, 0.05) is 5.69 Å². The van der Waals surface area contributed by atoms with E-state index in [4.69, 9.17) is 5.84 Å². The van der Waals surface area contributed by atoms with E-state index < -0.39 is 12.0 Å². The van der Waals surface area contributed by atoms with Gasteiger partial charge < -0.3 is 16.3 Å². The molecule has 1 unspecified atom stereocenters. The number of carboxylic acid groups (broad SMARTS) is 1. The predicted molar refractivity (Wildman–Crippen MR) is 107 cm³/mol. The molecular weight excluding hydrogens is 326 g/mol. The lowest BCUT2D eigenvalue weighted by Crippen LogP contribution is -2.21. The van der Waals surface area contributed by atoms with E-state index >= 15 is 0 Å². The van der Waals surface area contributed by atoms with Gasteiger partial charge in [-0.1, -0.05) is 57.0 Å². The van der Waals surface area contributed by atoms with Crippen molar-refractivity contribution in [2.24, 2.45) is 10.9 Å². The molecule has 2 rings (SSSR count). The van der Waals surface area contributed by atoms with Gasteiger partial charge in [-0.2, -0.15) is 5.10 Å². The van der Waals surface area contributed by atoms with Crippen molar-refractivity contribution in [3.63, 3.8) is 0 Å². The summed E-state index contributed by atoms with van der Waals surface area (Å²) in [7, 11) is 0. The van der Waals surface area contributed by atoms with Crippen LogP contribution in [0.25, 0.3) is 0 Å². The maximum absolute atomic E-state index is 11.9. The van der Waals surface area contributed by atoms with Crippen LogP contribution in [0.4, 0.5) is 5.69 Å². The molecule has 26 heavy (non-hydrogen) atoms. The molecule has 0 aliphatic heterocycles. The van der Waals surface area contributed by atoms with E-state index in [1.54, 1.807) is 6.21 Å². The minimum atomic E-state index is -0.895. The summed E-state index contributed by atoms with van der Waals surface area (Å²) in [6, 6.07) is 12.7. The second-order valence-corrected chi connectivity index (χ2v) is 6.40. The van der Waals surface area contributed by atoms with Crippen LogP contribution in [-0.2, 0) is 17.6 Å². The molecule has 2 aromatic carbocycles. The van der Waals surface area contributed by atoms with E-state index in [1.807, 2.05) is 36.4 Å². The Morgan fingerprint density at radius 3 is 2.15 bits per heavy atom. The molecule has 0 heterocycles. The average molecular weight is 353 g/mol. The summed E-state index contributed by atoms with van der Waals surface area (Å²) in [5, 5.41) is 16.4. The molecule has 0 bridgehead atoms. The van der Waals surface area contributed by atoms with Gasteiger partial charge in [0.25, 0.3) is 0 Å². The van der Waals surface area contributed by atoms with Gasteiger partial charge in [0.05, 0.1) is 6.21 Å². The van der Waals surface area contributed by atoms with Crippen molar-refractivity contribution in [3.05, 3.63) is 64.7 Å². The van der Waals surface area contributed by atoms with Crippen LogP contribution < -0.4 is 11.2 Å². The molecule has 4 N–H and O–H groups in total. The Hall–Kier alpha value is -2.82. The first-order valence-corrected chi connectivity index (χ1v) is 9.02. The van der Waals surface area contributed by atoms with Crippen LogP contribution in [0.1, 0.15) is 55.0 Å². The van der Waals surface area contributed by atoms with Gasteiger partial charge in [-0.15, -0.1) is 0 Å². The molecule has 0 aliphatic rings. The maximum atomic E-state index is 11.9. The van der Waals surface area contributed by atoms with Crippen molar-refractivity contribution in [2.45, 2.75) is 45.6 Å². The van der Waals surface area contributed by atoms with E-state index in [0.29, 0.717) is 0 Å². The maximum Gasteiger partial charge on any atom is 0.330 e. The van der Waals surface area contributed by atoms with Crippen molar-refractivity contribution in [2.75, 3.05) is 5.32 Å². The molecule has 0 fully saturated rings. The summed E-state index contributed by atoms with van der Waals surface area (Å²) in [4.78, 5) is 11.9. The number of aryl methyl sites for hydroxylation is 2. The molecule has 2 aromatic rings. The number of hydrogen-bond donors (Lipinski definition) is 3. The summed E-state index contributed by atoms with van der Waals surface area (Å²) in [6.07, 6.45) is 5.51. The zero-order chi connectivity index (χ0) is 18.9. The third kappa shape index (κ3) is 5.34. The van der Waals surface area contributed by atoms with Gasteiger partial charge >= 0.3 is 5.97 Å². The second kappa shape index (κ2) is 9.61. The first-order chi connectivity index (χ1) is 12.6. The Labute approximate surface area is 154 Å². The Morgan fingerprint density at radius 2 is 1.69 bits per heavy atom. The topological polar surface area (TPSA) is 87.7 Å². The monoisotopic (exact) mass is 353 g/mol. The third-order valence-corrected chi connectivity index (χ3v) is 4.18. The number of nitrogens with zero attached hydrogens (tertiary/aromatic N) is 1. The molecule has 0 radical (unpaired) electrons. The highest BCUT2D eigenvalue weighted by Crippen LogP contribution is 2.24. The highest BCUT2D eigenvalue weighted by molar-refractivity contribution is 5.82. The SMILES string of the molecule is CCCc1cc(CCC)cc(C(Nc2ccc(C=NN)cc2)C(=O)O)c1.